The molecule has 1 amide bonds. The van der Waals surface area contributed by atoms with E-state index in [2.05, 4.69) is 10.3 Å². The number of benzene rings is 1. The molecule has 2 aromatic rings. The Balaban J connectivity index is 2.42. The standard InChI is InChI=1S/C14H14N4O3/c1-15-12-7-6-10(18(20)21)9-11(12)14(19)17(2)13-5-3-4-8-16-13/h3-9,15H,1-2H3. The largest absolute Gasteiger partial charge is 0.387 e. The highest BCUT2D eigenvalue weighted by Crippen LogP contribution is 2.24. The fourth-order valence-corrected chi connectivity index (χ4v) is 1.88. The van der Waals surface area contributed by atoms with E-state index < -0.39 is 4.92 Å². The van der Waals surface area contributed by atoms with Gasteiger partial charge in [-0.15, -0.1) is 0 Å². The van der Waals surface area contributed by atoms with Crippen LogP contribution in [-0.4, -0.2) is 29.9 Å². The van der Waals surface area contributed by atoms with Gasteiger partial charge in [0.05, 0.1) is 10.5 Å². The molecule has 0 saturated heterocycles. The summed E-state index contributed by atoms with van der Waals surface area (Å²) >= 11 is 0. The second-order valence-electron chi connectivity index (χ2n) is 4.29. The molecule has 7 nitrogen and oxygen atoms in total. The topological polar surface area (TPSA) is 88.4 Å². The van der Waals surface area contributed by atoms with Crippen molar-refractivity contribution in [2.45, 2.75) is 0 Å². The van der Waals surface area contributed by atoms with E-state index in [1.165, 1.54) is 23.1 Å². The molecule has 0 radical (unpaired) electrons. The molecule has 21 heavy (non-hydrogen) atoms. The number of rotatable bonds is 4. The maximum absolute atomic E-state index is 12.5. The lowest BCUT2D eigenvalue weighted by Gasteiger charge is -2.17. The number of amides is 1. The fourth-order valence-electron chi connectivity index (χ4n) is 1.88. The Morgan fingerprint density at radius 2 is 2.10 bits per heavy atom. The van der Waals surface area contributed by atoms with Crippen LogP contribution in [0.15, 0.2) is 42.6 Å². The second-order valence-corrected chi connectivity index (χ2v) is 4.29. The van der Waals surface area contributed by atoms with Gasteiger partial charge >= 0.3 is 0 Å². The zero-order valence-corrected chi connectivity index (χ0v) is 11.6. The number of non-ortho nitro benzene ring substituents is 1. The van der Waals surface area contributed by atoms with E-state index >= 15 is 0 Å². The van der Waals surface area contributed by atoms with Gasteiger partial charge in [-0.3, -0.25) is 19.8 Å². The first-order valence-electron chi connectivity index (χ1n) is 6.20. The van der Waals surface area contributed by atoms with Crippen molar-refractivity contribution in [3.05, 3.63) is 58.3 Å². The van der Waals surface area contributed by atoms with Gasteiger partial charge in [0.15, 0.2) is 0 Å². The molecule has 2 rings (SSSR count). The SMILES string of the molecule is CNc1ccc([N+](=O)[O-])cc1C(=O)N(C)c1ccccn1. The van der Waals surface area contributed by atoms with Gasteiger partial charge in [-0.05, 0) is 18.2 Å². The number of nitro benzene ring substituents is 1. The number of pyridine rings is 1. The third-order valence-electron chi connectivity index (χ3n) is 3.01. The number of anilines is 2. The molecule has 1 aromatic heterocycles. The normalized spacial score (nSPS) is 10.0. The highest BCUT2D eigenvalue weighted by atomic mass is 16.6. The van der Waals surface area contributed by atoms with E-state index in [9.17, 15) is 14.9 Å². The first-order chi connectivity index (χ1) is 10.0. The Labute approximate surface area is 121 Å². The van der Waals surface area contributed by atoms with Gasteiger partial charge in [0.2, 0.25) is 0 Å². The molecule has 0 aliphatic heterocycles. The number of hydrogen-bond donors (Lipinski definition) is 1. The summed E-state index contributed by atoms with van der Waals surface area (Å²) in [5, 5.41) is 13.7. The monoisotopic (exact) mass is 286 g/mol. The van der Waals surface area contributed by atoms with Gasteiger partial charge < -0.3 is 5.32 Å². The zero-order chi connectivity index (χ0) is 15.4. The van der Waals surface area contributed by atoms with E-state index in [0.717, 1.165) is 0 Å². The van der Waals surface area contributed by atoms with Crippen LogP contribution in [0.5, 0.6) is 0 Å². The number of aromatic nitrogens is 1. The Morgan fingerprint density at radius 1 is 1.33 bits per heavy atom. The van der Waals surface area contributed by atoms with Crippen LogP contribution in [0, 0.1) is 10.1 Å². The van der Waals surface area contributed by atoms with Gasteiger partial charge in [-0.1, -0.05) is 6.07 Å². The quantitative estimate of drug-likeness (QED) is 0.688. The van der Waals surface area contributed by atoms with Crippen molar-refractivity contribution in [1.82, 2.24) is 4.98 Å². The van der Waals surface area contributed by atoms with Crippen LogP contribution in [0.4, 0.5) is 17.2 Å². The summed E-state index contributed by atoms with van der Waals surface area (Å²) in [5.74, 6) is 0.0952. The van der Waals surface area contributed by atoms with E-state index in [1.807, 2.05) is 0 Å². The Kier molecular flexibility index (Phi) is 4.13. The van der Waals surface area contributed by atoms with Crippen molar-refractivity contribution in [3.8, 4) is 0 Å². The Bertz CT molecular complexity index is 673. The van der Waals surface area contributed by atoms with Crippen LogP contribution in [-0.2, 0) is 0 Å². The number of nitrogens with one attached hydrogen (secondary N) is 1. The van der Waals surface area contributed by atoms with Gasteiger partial charge in [0, 0.05) is 38.1 Å². The minimum Gasteiger partial charge on any atom is -0.387 e. The predicted octanol–water partition coefficient (Wildman–Crippen LogP) is 2.31. The number of nitro groups is 1. The van der Waals surface area contributed by atoms with Crippen LogP contribution in [0.3, 0.4) is 0 Å². The molecule has 0 atom stereocenters. The fraction of sp³-hybridized carbons (Fsp3) is 0.143. The average molecular weight is 286 g/mol. The molecule has 0 saturated carbocycles. The van der Waals surface area contributed by atoms with Crippen LogP contribution in [0.1, 0.15) is 10.4 Å². The van der Waals surface area contributed by atoms with Gasteiger partial charge in [0.1, 0.15) is 5.82 Å². The van der Waals surface area contributed by atoms with Crippen LogP contribution >= 0.6 is 0 Å². The van der Waals surface area contributed by atoms with Crippen LogP contribution < -0.4 is 10.2 Å². The van der Waals surface area contributed by atoms with Crippen molar-refractivity contribution in [2.75, 3.05) is 24.3 Å². The first kappa shape index (κ1) is 14.4. The molecule has 0 fully saturated rings. The second kappa shape index (κ2) is 6.00. The highest BCUT2D eigenvalue weighted by molar-refractivity contribution is 6.09. The predicted molar refractivity (Wildman–Crippen MR) is 79.6 cm³/mol. The molecule has 0 aliphatic carbocycles. The highest BCUT2D eigenvalue weighted by Gasteiger charge is 2.20. The summed E-state index contributed by atoms with van der Waals surface area (Å²) in [4.78, 5) is 28.3. The minimum atomic E-state index is -0.531. The van der Waals surface area contributed by atoms with Crippen molar-refractivity contribution in [3.63, 3.8) is 0 Å². The molecule has 7 heteroatoms. The summed E-state index contributed by atoms with van der Waals surface area (Å²) in [7, 11) is 3.22. The van der Waals surface area contributed by atoms with E-state index in [4.69, 9.17) is 0 Å². The van der Waals surface area contributed by atoms with E-state index in [0.29, 0.717) is 11.5 Å². The van der Waals surface area contributed by atoms with Crippen molar-refractivity contribution in [1.29, 1.82) is 0 Å². The third-order valence-corrected chi connectivity index (χ3v) is 3.01. The summed E-state index contributed by atoms with van der Waals surface area (Å²) < 4.78 is 0. The minimum absolute atomic E-state index is 0.133. The summed E-state index contributed by atoms with van der Waals surface area (Å²) in [5.41, 5.74) is 0.611. The van der Waals surface area contributed by atoms with Crippen LogP contribution in [0.25, 0.3) is 0 Å². The maximum atomic E-state index is 12.5. The molecule has 0 spiro atoms. The maximum Gasteiger partial charge on any atom is 0.270 e. The molecule has 0 bridgehead atoms. The molecule has 1 heterocycles. The van der Waals surface area contributed by atoms with Gasteiger partial charge in [0.25, 0.3) is 11.6 Å². The summed E-state index contributed by atoms with van der Waals surface area (Å²) in [6.07, 6.45) is 1.57. The lowest BCUT2D eigenvalue weighted by molar-refractivity contribution is -0.384. The number of nitrogens with zero attached hydrogens (tertiary/aromatic N) is 3. The van der Waals surface area contributed by atoms with Crippen molar-refractivity contribution in [2.24, 2.45) is 0 Å². The average Bonchev–Trinajstić information content (AvgIpc) is 2.53. The number of carbonyl (C=O) groups excluding carboxylic acids is 1. The molecule has 108 valence electrons. The third kappa shape index (κ3) is 2.97. The Hall–Kier alpha value is -2.96. The number of carbonyl (C=O) groups is 1. The summed E-state index contributed by atoms with van der Waals surface area (Å²) in [6.45, 7) is 0. The van der Waals surface area contributed by atoms with Gasteiger partial charge in [-0.25, -0.2) is 4.98 Å². The number of hydrogen-bond acceptors (Lipinski definition) is 5. The first-order valence-corrected chi connectivity index (χ1v) is 6.20. The molecular formula is C14H14N4O3. The molecule has 0 unspecified atom stereocenters. The van der Waals surface area contributed by atoms with Gasteiger partial charge in [-0.2, -0.15) is 0 Å². The smallest absolute Gasteiger partial charge is 0.270 e. The lowest BCUT2D eigenvalue weighted by atomic mass is 10.1. The van der Waals surface area contributed by atoms with Crippen molar-refractivity contribution >= 4 is 23.1 Å². The Morgan fingerprint density at radius 3 is 2.67 bits per heavy atom. The lowest BCUT2D eigenvalue weighted by Crippen LogP contribution is -2.27. The summed E-state index contributed by atoms with van der Waals surface area (Å²) in [6, 6.07) is 9.32. The van der Waals surface area contributed by atoms with E-state index in [-0.39, 0.29) is 17.2 Å². The molecule has 0 aliphatic rings. The molecule has 1 aromatic carbocycles. The molecule has 1 N–H and O–H groups in total. The molecular weight excluding hydrogens is 272 g/mol. The zero-order valence-electron chi connectivity index (χ0n) is 11.6. The van der Waals surface area contributed by atoms with Crippen LogP contribution in [0.2, 0.25) is 0 Å². The van der Waals surface area contributed by atoms with E-state index in [1.54, 1.807) is 38.5 Å². The van der Waals surface area contributed by atoms with Crippen molar-refractivity contribution < 1.29 is 9.72 Å².